The van der Waals surface area contributed by atoms with Gasteiger partial charge in [-0.3, -0.25) is 4.79 Å². The minimum Gasteiger partial charge on any atom is -0.299 e. The molecule has 1 saturated carbocycles. The highest BCUT2D eigenvalue weighted by atomic mass is 16.1. The first-order chi connectivity index (χ1) is 6.94. The molecule has 0 aromatic carbocycles. The fraction of sp³-hybridized carbons (Fsp3) is 0.929. The number of hydrogen-bond donors (Lipinski definition) is 0. The van der Waals surface area contributed by atoms with E-state index in [0.29, 0.717) is 23.0 Å². The van der Waals surface area contributed by atoms with E-state index in [-0.39, 0.29) is 0 Å². The fourth-order valence-electron chi connectivity index (χ4n) is 2.38. The third-order valence-electron chi connectivity index (χ3n) is 4.04. The molecule has 0 saturated heterocycles. The molecule has 0 bridgehead atoms. The predicted molar refractivity (Wildman–Crippen MR) is 64.8 cm³/mol. The van der Waals surface area contributed by atoms with E-state index in [0.717, 1.165) is 25.7 Å². The van der Waals surface area contributed by atoms with Crippen molar-refractivity contribution in [1.29, 1.82) is 0 Å². The first-order valence-corrected chi connectivity index (χ1v) is 6.47. The molecule has 0 N–H and O–H groups in total. The summed E-state index contributed by atoms with van der Waals surface area (Å²) in [6, 6.07) is 0. The Hall–Kier alpha value is -0.330. The zero-order valence-corrected chi connectivity index (χ0v) is 10.8. The smallest absolute Gasteiger partial charge is 0.136 e. The van der Waals surface area contributed by atoms with Crippen LogP contribution >= 0.6 is 0 Å². The zero-order valence-electron chi connectivity index (χ0n) is 10.8. The van der Waals surface area contributed by atoms with Gasteiger partial charge in [0.1, 0.15) is 5.78 Å². The summed E-state index contributed by atoms with van der Waals surface area (Å²) in [6.07, 6.45) is 6.64. The van der Waals surface area contributed by atoms with Gasteiger partial charge >= 0.3 is 0 Å². The lowest BCUT2D eigenvalue weighted by Crippen LogP contribution is -2.27. The van der Waals surface area contributed by atoms with E-state index in [9.17, 15) is 4.79 Å². The second-order valence-electron chi connectivity index (χ2n) is 6.12. The van der Waals surface area contributed by atoms with Crippen LogP contribution in [0.4, 0.5) is 0 Å². The van der Waals surface area contributed by atoms with Crippen molar-refractivity contribution in [2.75, 3.05) is 0 Å². The average Bonchev–Trinajstić information content (AvgIpc) is 2.17. The summed E-state index contributed by atoms with van der Waals surface area (Å²) in [5.74, 6) is 1.49. The highest BCUT2D eigenvalue weighted by Gasteiger charge is 2.30. The number of rotatable bonds is 4. The Morgan fingerprint density at radius 2 is 1.87 bits per heavy atom. The summed E-state index contributed by atoms with van der Waals surface area (Å²) in [5, 5.41) is 0. The number of carbonyl (C=O) groups is 1. The van der Waals surface area contributed by atoms with Gasteiger partial charge < -0.3 is 0 Å². The van der Waals surface area contributed by atoms with E-state index in [4.69, 9.17) is 0 Å². The van der Waals surface area contributed by atoms with Crippen molar-refractivity contribution in [3.63, 3.8) is 0 Å². The lowest BCUT2D eigenvalue weighted by Gasteiger charge is -2.33. The Bertz CT molecular complexity index is 207. The van der Waals surface area contributed by atoms with Crippen molar-refractivity contribution in [2.45, 2.75) is 66.2 Å². The summed E-state index contributed by atoms with van der Waals surface area (Å²) in [5.41, 5.74) is 0.479. The molecule has 0 heterocycles. The maximum atomic E-state index is 12.0. The molecule has 0 aromatic heterocycles. The number of ketones is 1. The van der Waals surface area contributed by atoms with Crippen LogP contribution in [-0.4, -0.2) is 5.78 Å². The van der Waals surface area contributed by atoms with Crippen LogP contribution in [0.25, 0.3) is 0 Å². The van der Waals surface area contributed by atoms with Gasteiger partial charge in [-0.1, -0.05) is 34.1 Å². The maximum Gasteiger partial charge on any atom is 0.136 e. The van der Waals surface area contributed by atoms with Crippen molar-refractivity contribution in [3.05, 3.63) is 0 Å². The Balaban J connectivity index is 2.36. The van der Waals surface area contributed by atoms with Crippen molar-refractivity contribution in [3.8, 4) is 0 Å². The third kappa shape index (κ3) is 3.96. The molecular formula is C14H26O. The molecule has 0 aromatic rings. The monoisotopic (exact) mass is 210 g/mol. The molecule has 15 heavy (non-hydrogen) atoms. The summed E-state index contributed by atoms with van der Waals surface area (Å²) in [6.45, 7) is 9.00. The third-order valence-corrected chi connectivity index (χ3v) is 4.04. The second kappa shape index (κ2) is 5.14. The van der Waals surface area contributed by atoms with Crippen LogP contribution in [0.2, 0.25) is 0 Å². The summed E-state index contributed by atoms with van der Waals surface area (Å²) in [7, 11) is 0. The second-order valence-corrected chi connectivity index (χ2v) is 6.12. The molecule has 1 aliphatic rings. The summed E-state index contributed by atoms with van der Waals surface area (Å²) >= 11 is 0. The molecule has 0 radical (unpaired) electrons. The lowest BCUT2D eigenvalue weighted by atomic mass is 9.71. The molecule has 1 heteroatoms. The van der Waals surface area contributed by atoms with E-state index in [1.54, 1.807) is 0 Å². The van der Waals surface area contributed by atoms with E-state index in [1.807, 2.05) is 0 Å². The Labute approximate surface area is 94.6 Å². The van der Waals surface area contributed by atoms with Gasteiger partial charge in [-0.25, -0.2) is 0 Å². The van der Waals surface area contributed by atoms with Crippen molar-refractivity contribution in [2.24, 2.45) is 17.3 Å². The SMILES string of the molecule is CCC(C)CC(=O)C1CCC(C)(C)CC1. The van der Waals surface area contributed by atoms with Gasteiger partial charge in [0.25, 0.3) is 0 Å². The molecule has 88 valence electrons. The van der Waals surface area contributed by atoms with E-state index in [2.05, 4.69) is 27.7 Å². The summed E-state index contributed by atoms with van der Waals surface area (Å²) in [4.78, 5) is 12.0. The molecule has 1 rings (SSSR count). The van der Waals surface area contributed by atoms with E-state index >= 15 is 0 Å². The standard InChI is InChI=1S/C14H26O/c1-5-11(2)10-13(15)12-6-8-14(3,4)9-7-12/h11-12H,5-10H2,1-4H3. The molecule has 1 aliphatic carbocycles. The summed E-state index contributed by atoms with van der Waals surface area (Å²) < 4.78 is 0. The molecule has 1 nitrogen and oxygen atoms in total. The highest BCUT2D eigenvalue weighted by molar-refractivity contribution is 5.81. The van der Waals surface area contributed by atoms with Crippen LogP contribution in [0.5, 0.6) is 0 Å². The largest absolute Gasteiger partial charge is 0.299 e. The van der Waals surface area contributed by atoms with E-state index < -0.39 is 0 Å². The Morgan fingerprint density at radius 1 is 1.33 bits per heavy atom. The lowest BCUT2D eigenvalue weighted by molar-refractivity contribution is -0.125. The molecule has 1 atom stereocenters. The Morgan fingerprint density at radius 3 is 2.33 bits per heavy atom. The van der Waals surface area contributed by atoms with Crippen LogP contribution in [0.1, 0.15) is 66.2 Å². The minimum absolute atomic E-state index is 0.382. The molecule has 0 spiro atoms. The van der Waals surface area contributed by atoms with Crippen molar-refractivity contribution < 1.29 is 4.79 Å². The van der Waals surface area contributed by atoms with Crippen molar-refractivity contribution in [1.82, 2.24) is 0 Å². The predicted octanol–water partition coefficient (Wildman–Crippen LogP) is 4.21. The van der Waals surface area contributed by atoms with E-state index in [1.165, 1.54) is 12.8 Å². The van der Waals surface area contributed by atoms with Gasteiger partial charge in [-0.05, 0) is 37.0 Å². The molecule has 1 fully saturated rings. The average molecular weight is 210 g/mol. The molecule has 0 aliphatic heterocycles. The quantitative estimate of drug-likeness (QED) is 0.679. The van der Waals surface area contributed by atoms with Crippen LogP contribution in [-0.2, 0) is 4.79 Å². The van der Waals surface area contributed by atoms with Crippen LogP contribution in [0, 0.1) is 17.3 Å². The van der Waals surface area contributed by atoms with Crippen LogP contribution in [0.15, 0.2) is 0 Å². The molecular weight excluding hydrogens is 184 g/mol. The molecule has 0 amide bonds. The topological polar surface area (TPSA) is 17.1 Å². The number of hydrogen-bond acceptors (Lipinski definition) is 1. The van der Waals surface area contributed by atoms with Gasteiger partial charge in [-0.2, -0.15) is 0 Å². The normalized spacial score (nSPS) is 23.7. The minimum atomic E-state index is 0.382. The van der Waals surface area contributed by atoms with Crippen molar-refractivity contribution >= 4 is 5.78 Å². The van der Waals surface area contributed by atoms with Crippen LogP contribution in [0.3, 0.4) is 0 Å². The van der Waals surface area contributed by atoms with Gasteiger partial charge in [0, 0.05) is 12.3 Å². The number of carbonyl (C=O) groups excluding carboxylic acids is 1. The van der Waals surface area contributed by atoms with Gasteiger partial charge in [0.05, 0.1) is 0 Å². The van der Waals surface area contributed by atoms with Crippen LogP contribution < -0.4 is 0 Å². The fourth-order valence-corrected chi connectivity index (χ4v) is 2.38. The first kappa shape index (κ1) is 12.7. The first-order valence-electron chi connectivity index (χ1n) is 6.47. The van der Waals surface area contributed by atoms with Gasteiger partial charge in [0.15, 0.2) is 0 Å². The van der Waals surface area contributed by atoms with Gasteiger partial charge in [0.2, 0.25) is 0 Å². The number of Topliss-reactive ketones (excluding diaryl/α,β-unsaturated/α-hetero) is 1. The highest BCUT2D eigenvalue weighted by Crippen LogP contribution is 2.38. The molecule has 1 unspecified atom stereocenters. The maximum absolute atomic E-state index is 12.0. The Kier molecular flexibility index (Phi) is 4.36. The van der Waals surface area contributed by atoms with Gasteiger partial charge in [-0.15, -0.1) is 0 Å². The zero-order chi connectivity index (χ0) is 11.5.